The van der Waals surface area contributed by atoms with E-state index in [0.29, 0.717) is 17.9 Å². The maximum absolute atomic E-state index is 12.7. The van der Waals surface area contributed by atoms with Gasteiger partial charge in [-0.05, 0) is 43.7 Å². The maximum Gasteiger partial charge on any atom is 0.267 e. The van der Waals surface area contributed by atoms with Gasteiger partial charge in [0.05, 0.1) is 6.26 Å². The molecule has 0 aliphatic carbocycles. The van der Waals surface area contributed by atoms with Gasteiger partial charge in [0.15, 0.2) is 0 Å². The molecule has 0 radical (unpaired) electrons. The summed E-state index contributed by atoms with van der Waals surface area (Å²) in [6.45, 7) is 4.51. The van der Waals surface area contributed by atoms with Gasteiger partial charge < -0.3 is 15.1 Å². The van der Waals surface area contributed by atoms with Crippen LogP contribution in [0.2, 0.25) is 0 Å². The molecule has 1 heterocycles. The largest absolute Gasteiger partial charge is 0.465 e. The highest BCUT2D eigenvalue weighted by Crippen LogP contribution is 2.13. The van der Waals surface area contributed by atoms with Crippen molar-refractivity contribution in [2.45, 2.75) is 19.6 Å². The molecule has 3 aromatic rings. The van der Waals surface area contributed by atoms with Gasteiger partial charge in [0.2, 0.25) is 0 Å². The van der Waals surface area contributed by atoms with Gasteiger partial charge in [-0.1, -0.05) is 47.5 Å². The number of benzene rings is 2. The summed E-state index contributed by atoms with van der Waals surface area (Å²) in [4.78, 5) is 25.3. The molecule has 0 aliphatic rings. The van der Waals surface area contributed by atoms with E-state index in [4.69, 9.17) is 4.42 Å². The molecule has 2 amide bonds. The molecule has 2 aromatic carbocycles. The number of amides is 2. The Kier molecular flexibility index (Phi) is 8.12. The van der Waals surface area contributed by atoms with E-state index in [0.717, 1.165) is 17.1 Å². The second-order valence-corrected chi connectivity index (χ2v) is 8.29. The van der Waals surface area contributed by atoms with Crippen molar-refractivity contribution in [2.75, 3.05) is 12.3 Å². The quantitative estimate of drug-likeness (QED) is 0.378. The number of rotatable bonds is 9. The van der Waals surface area contributed by atoms with Crippen LogP contribution in [0.15, 0.2) is 77.0 Å². The van der Waals surface area contributed by atoms with Gasteiger partial charge in [0.25, 0.3) is 11.8 Å². The smallest absolute Gasteiger partial charge is 0.267 e. The standard InChI is InChI=1S/C25H26N2O3S/c1-18-5-9-20(10-6-18)17-31-15-13-26-25(29)23(16-22-4-3-14-30-22)27-24(28)21-11-7-19(2)8-12-21/h3-12,14,16H,13,15,17H2,1-2H3,(H,26,29)(H,27,28)/b23-16-. The van der Waals surface area contributed by atoms with Crippen LogP contribution < -0.4 is 10.6 Å². The Hall–Kier alpha value is -3.25. The zero-order chi connectivity index (χ0) is 22.1. The first-order valence-electron chi connectivity index (χ1n) is 10.1. The number of hydrogen-bond donors (Lipinski definition) is 2. The minimum atomic E-state index is -0.354. The number of carbonyl (C=O) groups is 2. The fourth-order valence-corrected chi connectivity index (χ4v) is 3.60. The van der Waals surface area contributed by atoms with Crippen molar-refractivity contribution in [3.63, 3.8) is 0 Å². The molecule has 31 heavy (non-hydrogen) atoms. The Labute approximate surface area is 186 Å². The van der Waals surface area contributed by atoms with Gasteiger partial charge in [-0.15, -0.1) is 0 Å². The summed E-state index contributed by atoms with van der Waals surface area (Å²) >= 11 is 1.74. The second-order valence-electron chi connectivity index (χ2n) is 7.19. The third-order valence-corrected chi connectivity index (χ3v) is 5.59. The first kappa shape index (κ1) is 22.4. The van der Waals surface area contributed by atoms with Gasteiger partial charge in [-0.3, -0.25) is 9.59 Å². The predicted molar refractivity (Wildman–Crippen MR) is 126 cm³/mol. The number of furan rings is 1. The van der Waals surface area contributed by atoms with Gasteiger partial charge in [0, 0.05) is 29.7 Å². The Morgan fingerprint density at radius 1 is 0.968 bits per heavy atom. The van der Waals surface area contributed by atoms with Crippen molar-refractivity contribution in [3.05, 3.63) is 101 Å². The molecule has 3 rings (SSSR count). The summed E-state index contributed by atoms with van der Waals surface area (Å²) in [5.41, 5.74) is 4.18. The van der Waals surface area contributed by atoms with Gasteiger partial charge in [-0.25, -0.2) is 0 Å². The van der Waals surface area contributed by atoms with Crippen LogP contribution >= 0.6 is 11.8 Å². The molecule has 1 aromatic heterocycles. The number of aryl methyl sites for hydroxylation is 2. The minimum absolute atomic E-state index is 0.143. The lowest BCUT2D eigenvalue weighted by molar-refractivity contribution is -0.117. The molecule has 2 N–H and O–H groups in total. The fourth-order valence-electron chi connectivity index (χ4n) is 2.78. The lowest BCUT2D eigenvalue weighted by atomic mass is 10.1. The van der Waals surface area contributed by atoms with Crippen molar-refractivity contribution in [1.29, 1.82) is 0 Å². The van der Waals surface area contributed by atoms with Crippen molar-refractivity contribution in [3.8, 4) is 0 Å². The van der Waals surface area contributed by atoms with E-state index in [1.165, 1.54) is 23.5 Å². The SMILES string of the molecule is Cc1ccc(CSCCNC(=O)/C(=C/c2ccco2)NC(=O)c2ccc(C)cc2)cc1. The average molecular weight is 435 g/mol. The average Bonchev–Trinajstić information content (AvgIpc) is 3.28. The zero-order valence-corrected chi connectivity index (χ0v) is 18.5. The first-order chi connectivity index (χ1) is 15.0. The molecule has 0 saturated heterocycles. The lowest BCUT2D eigenvalue weighted by Gasteiger charge is -2.11. The molecule has 0 spiro atoms. The maximum atomic E-state index is 12.7. The molecular weight excluding hydrogens is 408 g/mol. The van der Waals surface area contributed by atoms with E-state index in [9.17, 15) is 9.59 Å². The lowest BCUT2D eigenvalue weighted by Crippen LogP contribution is -2.35. The van der Waals surface area contributed by atoms with Crippen LogP contribution in [-0.4, -0.2) is 24.1 Å². The highest BCUT2D eigenvalue weighted by molar-refractivity contribution is 7.98. The molecule has 5 nitrogen and oxygen atoms in total. The molecule has 0 bridgehead atoms. The summed E-state index contributed by atoms with van der Waals surface area (Å²) in [5.74, 6) is 1.44. The van der Waals surface area contributed by atoms with E-state index in [1.54, 1.807) is 36.0 Å². The van der Waals surface area contributed by atoms with Crippen LogP contribution in [0, 0.1) is 13.8 Å². The number of carbonyl (C=O) groups excluding carboxylic acids is 2. The summed E-state index contributed by atoms with van der Waals surface area (Å²) in [6.07, 6.45) is 3.05. The van der Waals surface area contributed by atoms with Crippen LogP contribution in [0.4, 0.5) is 0 Å². The molecule has 0 saturated carbocycles. The van der Waals surface area contributed by atoms with E-state index in [1.807, 2.05) is 19.1 Å². The molecule has 0 aliphatic heterocycles. The Bertz CT molecular complexity index is 1020. The Morgan fingerprint density at radius 3 is 2.29 bits per heavy atom. The summed E-state index contributed by atoms with van der Waals surface area (Å²) < 4.78 is 5.31. The number of hydrogen-bond acceptors (Lipinski definition) is 4. The molecule has 160 valence electrons. The van der Waals surface area contributed by atoms with Crippen LogP contribution in [0.3, 0.4) is 0 Å². The second kappa shape index (κ2) is 11.2. The van der Waals surface area contributed by atoms with E-state index >= 15 is 0 Å². The molecule has 0 fully saturated rings. The third kappa shape index (κ3) is 7.19. The predicted octanol–water partition coefficient (Wildman–Crippen LogP) is 4.72. The molecule has 0 atom stereocenters. The van der Waals surface area contributed by atoms with Gasteiger partial charge in [-0.2, -0.15) is 11.8 Å². The van der Waals surface area contributed by atoms with E-state index < -0.39 is 0 Å². The highest BCUT2D eigenvalue weighted by atomic mass is 32.2. The van der Waals surface area contributed by atoms with Crippen molar-refractivity contribution in [1.82, 2.24) is 10.6 Å². The third-order valence-electron chi connectivity index (χ3n) is 4.56. The summed E-state index contributed by atoms with van der Waals surface area (Å²) in [6, 6.07) is 19.1. The van der Waals surface area contributed by atoms with E-state index in [-0.39, 0.29) is 17.5 Å². The van der Waals surface area contributed by atoms with Crippen LogP contribution in [0.5, 0.6) is 0 Å². The Balaban J connectivity index is 1.55. The minimum Gasteiger partial charge on any atom is -0.465 e. The number of thioether (sulfide) groups is 1. The van der Waals surface area contributed by atoms with Crippen molar-refractivity contribution < 1.29 is 14.0 Å². The monoisotopic (exact) mass is 434 g/mol. The molecule has 6 heteroatoms. The zero-order valence-electron chi connectivity index (χ0n) is 17.7. The highest BCUT2D eigenvalue weighted by Gasteiger charge is 2.15. The number of nitrogens with one attached hydrogen (secondary N) is 2. The summed E-state index contributed by atoms with van der Waals surface area (Å²) in [7, 11) is 0. The molecular formula is C25H26N2O3S. The topological polar surface area (TPSA) is 71.3 Å². The van der Waals surface area contributed by atoms with Crippen LogP contribution in [0.1, 0.15) is 32.8 Å². The fraction of sp³-hybridized carbons (Fsp3) is 0.200. The Morgan fingerprint density at radius 2 is 1.65 bits per heavy atom. The van der Waals surface area contributed by atoms with Gasteiger partial charge in [0.1, 0.15) is 11.5 Å². The van der Waals surface area contributed by atoms with Crippen molar-refractivity contribution >= 4 is 29.7 Å². The summed E-state index contributed by atoms with van der Waals surface area (Å²) in [5, 5.41) is 5.58. The molecule has 0 unspecified atom stereocenters. The van der Waals surface area contributed by atoms with Crippen LogP contribution in [0.25, 0.3) is 6.08 Å². The van der Waals surface area contributed by atoms with Gasteiger partial charge >= 0.3 is 0 Å². The normalized spacial score (nSPS) is 11.2. The van der Waals surface area contributed by atoms with E-state index in [2.05, 4.69) is 41.8 Å². The van der Waals surface area contributed by atoms with Crippen LogP contribution in [-0.2, 0) is 10.5 Å². The van der Waals surface area contributed by atoms with Crippen molar-refractivity contribution in [2.24, 2.45) is 0 Å². The first-order valence-corrected chi connectivity index (χ1v) is 11.2.